The Morgan fingerprint density at radius 3 is 2.57 bits per heavy atom. The second-order valence-corrected chi connectivity index (χ2v) is 8.83. The van der Waals surface area contributed by atoms with Gasteiger partial charge in [-0.1, -0.05) is 47.7 Å². The van der Waals surface area contributed by atoms with Gasteiger partial charge in [-0.05, 0) is 62.6 Å². The second kappa shape index (κ2) is 9.30. The number of nitrogens with one attached hydrogen (secondary N) is 1. The van der Waals surface area contributed by atoms with Crippen LogP contribution < -0.4 is 10.2 Å². The summed E-state index contributed by atoms with van der Waals surface area (Å²) in [6, 6.07) is 20.3. The van der Waals surface area contributed by atoms with Crippen LogP contribution in [-0.4, -0.2) is 29.2 Å². The molecule has 1 aliphatic heterocycles. The molecule has 1 atom stereocenters. The Bertz CT molecular complexity index is 1000. The molecule has 154 valence electrons. The molecule has 0 radical (unpaired) electrons. The number of aromatic nitrogens is 2. The van der Waals surface area contributed by atoms with Gasteiger partial charge >= 0.3 is 0 Å². The fourth-order valence-electron chi connectivity index (χ4n) is 3.61. The molecule has 5 nitrogen and oxygen atoms in total. The van der Waals surface area contributed by atoms with Gasteiger partial charge in [0, 0.05) is 23.7 Å². The molecule has 4 rings (SSSR count). The van der Waals surface area contributed by atoms with Gasteiger partial charge in [-0.25, -0.2) is 0 Å². The number of rotatable bonds is 5. The maximum atomic E-state index is 12.8. The van der Waals surface area contributed by atoms with Crippen LogP contribution in [0.3, 0.4) is 0 Å². The number of para-hydroxylation sites is 1. The first-order valence-electron chi connectivity index (χ1n) is 10.3. The molecular weight excluding hydrogens is 392 g/mol. The molecule has 2 aromatic carbocycles. The van der Waals surface area contributed by atoms with Crippen molar-refractivity contribution in [1.82, 2.24) is 10.2 Å². The second-order valence-electron chi connectivity index (χ2n) is 7.73. The summed E-state index contributed by atoms with van der Waals surface area (Å²) in [6.07, 6.45) is 1.86. The van der Waals surface area contributed by atoms with Crippen LogP contribution in [0.5, 0.6) is 0 Å². The average molecular weight is 419 g/mol. The maximum Gasteiger partial charge on any atom is 0.229 e. The van der Waals surface area contributed by atoms with E-state index in [1.807, 2.05) is 43.3 Å². The van der Waals surface area contributed by atoms with Crippen LogP contribution in [0.2, 0.25) is 0 Å². The minimum atomic E-state index is -0.0539. The van der Waals surface area contributed by atoms with E-state index in [4.69, 9.17) is 0 Å². The van der Waals surface area contributed by atoms with Crippen LogP contribution in [0.15, 0.2) is 70.6 Å². The number of amides is 1. The summed E-state index contributed by atoms with van der Waals surface area (Å²) < 4.78 is 0. The van der Waals surface area contributed by atoms with Crippen LogP contribution in [0.25, 0.3) is 0 Å². The summed E-state index contributed by atoms with van der Waals surface area (Å²) in [5.74, 6) is 0.854. The largest absolute Gasteiger partial charge is 0.354 e. The fraction of sp³-hybridized carbons (Fsp3) is 0.292. The Kier molecular flexibility index (Phi) is 6.33. The molecule has 0 unspecified atom stereocenters. The van der Waals surface area contributed by atoms with E-state index in [1.165, 1.54) is 5.56 Å². The third-order valence-electron chi connectivity index (χ3n) is 5.39. The predicted molar refractivity (Wildman–Crippen MR) is 122 cm³/mol. The Morgan fingerprint density at radius 1 is 1.03 bits per heavy atom. The molecular formula is C24H26N4OS. The van der Waals surface area contributed by atoms with Crippen molar-refractivity contribution in [3.63, 3.8) is 0 Å². The van der Waals surface area contributed by atoms with Gasteiger partial charge in [0.15, 0.2) is 5.82 Å². The van der Waals surface area contributed by atoms with Crippen LogP contribution in [-0.2, 0) is 4.79 Å². The fourth-order valence-corrected chi connectivity index (χ4v) is 4.34. The molecule has 1 saturated heterocycles. The highest BCUT2D eigenvalue weighted by atomic mass is 32.2. The van der Waals surface area contributed by atoms with Crippen LogP contribution >= 0.6 is 11.8 Å². The summed E-state index contributed by atoms with van der Waals surface area (Å²) in [5, 5.41) is 12.8. The highest BCUT2D eigenvalue weighted by molar-refractivity contribution is 7.99. The first-order valence-corrected chi connectivity index (χ1v) is 11.1. The molecule has 1 aromatic heterocycles. The minimum Gasteiger partial charge on any atom is -0.354 e. The Hall–Kier alpha value is -2.86. The van der Waals surface area contributed by atoms with Crippen LogP contribution in [0.4, 0.5) is 11.5 Å². The van der Waals surface area contributed by atoms with Crippen LogP contribution in [0, 0.1) is 19.8 Å². The molecule has 1 N–H and O–H groups in total. The zero-order valence-corrected chi connectivity index (χ0v) is 18.2. The Balaban J connectivity index is 1.38. The zero-order valence-electron chi connectivity index (χ0n) is 17.3. The quantitative estimate of drug-likeness (QED) is 0.625. The summed E-state index contributed by atoms with van der Waals surface area (Å²) >= 11 is 1.60. The minimum absolute atomic E-state index is 0.0539. The highest BCUT2D eigenvalue weighted by Gasteiger charge is 2.27. The van der Waals surface area contributed by atoms with Gasteiger partial charge < -0.3 is 10.2 Å². The normalized spacial score (nSPS) is 16.3. The van der Waals surface area contributed by atoms with Gasteiger partial charge in [0.2, 0.25) is 5.91 Å². The number of carbonyl (C=O) groups excluding carboxylic acids is 1. The van der Waals surface area contributed by atoms with E-state index in [2.05, 4.69) is 51.6 Å². The molecule has 0 aliphatic carbocycles. The van der Waals surface area contributed by atoms with Crippen molar-refractivity contribution in [2.75, 3.05) is 23.3 Å². The first kappa shape index (κ1) is 20.4. The van der Waals surface area contributed by atoms with E-state index in [9.17, 15) is 4.79 Å². The van der Waals surface area contributed by atoms with Crippen molar-refractivity contribution >= 4 is 29.2 Å². The van der Waals surface area contributed by atoms with E-state index in [0.29, 0.717) is 6.54 Å². The lowest BCUT2D eigenvalue weighted by atomic mass is 9.97. The summed E-state index contributed by atoms with van der Waals surface area (Å²) in [5.41, 5.74) is 3.20. The van der Waals surface area contributed by atoms with E-state index >= 15 is 0 Å². The van der Waals surface area contributed by atoms with E-state index in [0.717, 1.165) is 46.4 Å². The average Bonchev–Trinajstić information content (AvgIpc) is 2.77. The van der Waals surface area contributed by atoms with Crippen molar-refractivity contribution in [1.29, 1.82) is 0 Å². The third-order valence-corrected chi connectivity index (χ3v) is 6.32. The molecule has 2 heterocycles. The van der Waals surface area contributed by atoms with Gasteiger partial charge in [-0.3, -0.25) is 4.79 Å². The molecule has 6 heteroatoms. The lowest BCUT2D eigenvalue weighted by molar-refractivity contribution is -0.120. The van der Waals surface area contributed by atoms with Gasteiger partial charge in [0.1, 0.15) is 5.03 Å². The molecule has 0 saturated carbocycles. The highest BCUT2D eigenvalue weighted by Crippen LogP contribution is 2.28. The summed E-state index contributed by atoms with van der Waals surface area (Å²) in [6.45, 7) is 5.65. The number of aryl methyl sites for hydroxylation is 2. The van der Waals surface area contributed by atoms with Crippen molar-refractivity contribution in [2.45, 2.75) is 36.6 Å². The van der Waals surface area contributed by atoms with Gasteiger partial charge in [0.25, 0.3) is 0 Å². The molecule has 30 heavy (non-hydrogen) atoms. The summed E-state index contributed by atoms with van der Waals surface area (Å²) in [4.78, 5) is 16.1. The lowest BCUT2D eigenvalue weighted by Crippen LogP contribution is -2.41. The number of anilines is 2. The predicted octanol–water partition coefficient (Wildman–Crippen LogP) is 5.10. The molecule has 0 bridgehead atoms. The number of hydrogen-bond acceptors (Lipinski definition) is 5. The first-order chi connectivity index (χ1) is 14.6. The van der Waals surface area contributed by atoms with E-state index in [-0.39, 0.29) is 11.8 Å². The van der Waals surface area contributed by atoms with Crippen LogP contribution in [0.1, 0.15) is 24.0 Å². The van der Waals surface area contributed by atoms with Gasteiger partial charge in [-0.2, -0.15) is 0 Å². The number of hydrogen-bond donors (Lipinski definition) is 1. The van der Waals surface area contributed by atoms with Crippen molar-refractivity contribution in [2.24, 2.45) is 5.92 Å². The Labute approximate surface area is 181 Å². The van der Waals surface area contributed by atoms with Crippen molar-refractivity contribution in [3.05, 3.63) is 71.8 Å². The van der Waals surface area contributed by atoms with Gasteiger partial charge in [0.05, 0.1) is 5.92 Å². The Morgan fingerprint density at radius 2 is 1.83 bits per heavy atom. The third kappa shape index (κ3) is 5.00. The molecule has 1 amide bonds. The molecule has 3 aromatic rings. The smallest absolute Gasteiger partial charge is 0.229 e. The number of benzene rings is 2. The van der Waals surface area contributed by atoms with Gasteiger partial charge in [-0.15, -0.1) is 10.2 Å². The zero-order chi connectivity index (χ0) is 20.9. The van der Waals surface area contributed by atoms with Crippen molar-refractivity contribution < 1.29 is 4.79 Å². The number of piperidine rings is 1. The molecule has 1 aliphatic rings. The molecule has 1 fully saturated rings. The number of carbonyl (C=O) groups is 1. The number of nitrogens with zero attached hydrogens (tertiary/aromatic N) is 3. The lowest BCUT2D eigenvalue weighted by Gasteiger charge is -2.32. The van der Waals surface area contributed by atoms with Crippen molar-refractivity contribution in [3.8, 4) is 0 Å². The molecule has 0 spiro atoms. The van der Waals surface area contributed by atoms with E-state index in [1.54, 1.807) is 11.8 Å². The maximum absolute atomic E-state index is 12.8. The SMILES string of the molecule is Cc1ccc(Sc2ccc(N3CCC[C@H](C(=O)Nc4ccccc4C)C3)nn2)cc1. The van der Waals surface area contributed by atoms with E-state index < -0.39 is 0 Å². The summed E-state index contributed by atoms with van der Waals surface area (Å²) in [7, 11) is 0. The standard InChI is InChI=1S/C24H26N4OS/c1-17-9-11-20(12-10-17)30-23-14-13-22(26-27-23)28-15-5-7-19(16-28)24(29)25-21-8-4-3-6-18(21)2/h3-4,6,8-14,19H,5,7,15-16H2,1-2H3,(H,25,29)/t19-/m0/s1. The monoisotopic (exact) mass is 418 g/mol. The topological polar surface area (TPSA) is 58.1 Å².